The number of carbonyl (C=O) groups is 1. The van der Waals surface area contributed by atoms with Gasteiger partial charge in [0.15, 0.2) is 5.69 Å². The summed E-state index contributed by atoms with van der Waals surface area (Å²) in [6.07, 6.45) is -3.22. The Morgan fingerprint density at radius 2 is 1.81 bits per heavy atom. The standard InChI is InChI=1S/C20H18F3NO3/c1-2-3-9-27-19(25)18-12-15-16(20(21,22)23)10-14(11-17(15)24(18)26)13-7-5-4-6-8-13/h4-8,10-12,26H,2-3,9H2,1H3. The maximum atomic E-state index is 13.6. The van der Waals surface area contributed by atoms with E-state index in [0.29, 0.717) is 16.7 Å². The van der Waals surface area contributed by atoms with Crippen molar-refractivity contribution in [3.63, 3.8) is 0 Å². The van der Waals surface area contributed by atoms with E-state index in [1.54, 1.807) is 30.3 Å². The van der Waals surface area contributed by atoms with Gasteiger partial charge in [0, 0.05) is 5.39 Å². The highest BCUT2D eigenvalue weighted by molar-refractivity contribution is 5.98. The number of benzene rings is 2. The summed E-state index contributed by atoms with van der Waals surface area (Å²) in [6.45, 7) is 2.05. The zero-order valence-corrected chi connectivity index (χ0v) is 14.6. The number of ether oxygens (including phenoxy) is 1. The third-order valence-corrected chi connectivity index (χ3v) is 4.25. The number of hydrogen-bond acceptors (Lipinski definition) is 3. The van der Waals surface area contributed by atoms with Gasteiger partial charge in [0.1, 0.15) is 0 Å². The Kier molecular flexibility index (Phi) is 5.12. The van der Waals surface area contributed by atoms with Crippen LogP contribution >= 0.6 is 0 Å². The molecule has 1 heterocycles. The van der Waals surface area contributed by atoms with Crippen molar-refractivity contribution in [1.29, 1.82) is 0 Å². The van der Waals surface area contributed by atoms with Crippen molar-refractivity contribution in [1.82, 2.24) is 4.73 Å². The fourth-order valence-corrected chi connectivity index (χ4v) is 2.85. The number of hydrogen-bond donors (Lipinski definition) is 1. The summed E-state index contributed by atoms with van der Waals surface area (Å²) < 4.78 is 46.3. The van der Waals surface area contributed by atoms with Crippen molar-refractivity contribution in [2.45, 2.75) is 25.9 Å². The van der Waals surface area contributed by atoms with Crippen molar-refractivity contribution >= 4 is 16.9 Å². The summed E-state index contributed by atoms with van der Waals surface area (Å²) >= 11 is 0. The van der Waals surface area contributed by atoms with Gasteiger partial charge in [-0.2, -0.15) is 17.9 Å². The summed E-state index contributed by atoms with van der Waals surface area (Å²) in [6, 6.07) is 12.0. The van der Waals surface area contributed by atoms with Crippen LogP contribution in [0.3, 0.4) is 0 Å². The molecule has 7 heteroatoms. The van der Waals surface area contributed by atoms with Gasteiger partial charge in [-0.3, -0.25) is 0 Å². The van der Waals surface area contributed by atoms with Gasteiger partial charge in [-0.25, -0.2) is 4.79 Å². The third-order valence-electron chi connectivity index (χ3n) is 4.25. The summed E-state index contributed by atoms with van der Waals surface area (Å²) in [7, 11) is 0. The predicted octanol–water partition coefficient (Wildman–Crippen LogP) is 5.52. The van der Waals surface area contributed by atoms with Gasteiger partial charge in [0.25, 0.3) is 0 Å². The Balaban J connectivity index is 2.16. The van der Waals surface area contributed by atoms with Crippen LogP contribution in [0.5, 0.6) is 0 Å². The predicted molar refractivity (Wildman–Crippen MR) is 94.8 cm³/mol. The largest absolute Gasteiger partial charge is 0.461 e. The molecule has 0 saturated carbocycles. The first-order valence-corrected chi connectivity index (χ1v) is 8.51. The molecule has 0 atom stereocenters. The molecule has 0 fully saturated rings. The molecule has 0 bridgehead atoms. The number of halogens is 3. The number of fused-ring (bicyclic) bond motifs is 1. The lowest BCUT2D eigenvalue weighted by Crippen LogP contribution is -2.11. The van der Waals surface area contributed by atoms with E-state index < -0.39 is 17.7 Å². The molecule has 0 spiro atoms. The minimum absolute atomic E-state index is 0.105. The zero-order valence-electron chi connectivity index (χ0n) is 14.6. The summed E-state index contributed by atoms with van der Waals surface area (Å²) in [5, 5.41) is 10.1. The first-order chi connectivity index (χ1) is 12.8. The number of alkyl halides is 3. The summed E-state index contributed by atoms with van der Waals surface area (Å²) in [4.78, 5) is 12.1. The lowest BCUT2D eigenvalue weighted by molar-refractivity contribution is -0.136. The summed E-state index contributed by atoms with van der Waals surface area (Å²) in [5.74, 6) is -0.864. The maximum absolute atomic E-state index is 13.6. The van der Waals surface area contributed by atoms with E-state index in [9.17, 15) is 23.2 Å². The molecule has 1 N–H and O–H groups in total. The molecule has 0 aliphatic rings. The second-order valence-electron chi connectivity index (χ2n) is 6.15. The average Bonchev–Trinajstić information content (AvgIpc) is 2.98. The van der Waals surface area contributed by atoms with Crippen LogP contribution in [-0.4, -0.2) is 22.5 Å². The molecule has 0 unspecified atom stereocenters. The second-order valence-corrected chi connectivity index (χ2v) is 6.15. The van der Waals surface area contributed by atoms with E-state index in [1.807, 2.05) is 6.92 Å². The topological polar surface area (TPSA) is 51.5 Å². The Bertz CT molecular complexity index is 962. The van der Waals surface area contributed by atoms with Crippen LogP contribution in [0, 0.1) is 0 Å². The lowest BCUT2D eigenvalue weighted by atomic mass is 10.00. The van der Waals surface area contributed by atoms with Gasteiger partial charge < -0.3 is 9.94 Å². The molecular formula is C20H18F3NO3. The average molecular weight is 377 g/mol. The second kappa shape index (κ2) is 7.34. The van der Waals surface area contributed by atoms with Crippen molar-refractivity contribution in [3.8, 4) is 11.1 Å². The third kappa shape index (κ3) is 3.77. The minimum atomic E-state index is -4.65. The number of esters is 1. The molecule has 0 aliphatic carbocycles. The molecule has 0 aliphatic heterocycles. The molecule has 142 valence electrons. The Labute approximate surface area is 153 Å². The number of unbranched alkanes of at least 4 members (excludes halogenated alkanes) is 1. The van der Waals surface area contributed by atoms with Gasteiger partial charge in [-0.1, -0.05) is 43.7 Å². The molecule has 1 aromatic heterocycles. The molecule has 0 saturated heterocycles. The molecule has 2 aromatic carbocycles. The Morgan fingerprint density at radius 1 is 1.11 bits per heavy atom. The number of carbonyl (C=O) groups excluding carboxylic acids is 1. The molecule has 3 rings (SSSR count). The van der Waals surface area contributed by atoms with Crippen LogP contribution in [0.2, 0.25) is 0 Å². The van der Waals surface area contributed by atoms with Gasteiger partial charge in [0.05, 0.1) is 17.7 Å². The normalized spacial score (nSPS) is 11.7. The smallest absolute Gasteiger partial charge is 0.417 e. The highest BCUT2D eigenvalue weighted by atomic mass is 19.4. The molecular weight excluding hydrogens is 359 g/mol. The van der Waals surface area contributed by atoms with Crippen LogP contribution in [-0.2, 0) is 10.9 Å². The van der Waals surface area contributed by atoms with Crippen molar-refractivity contribution < 1.29 is 27.9 Å². The van der Waals surface area contributed by atoms with E-state index in [2.05, 4.69) is 0 Å². The van der Waals surface area contributed by atoms with E-state index in [4.69, 9.17) is 4.74 Å². The van der Waals surface area contributed by atoms with E-state index >= 15 is 0 Å². The first-order valence-electron chi connectivity index (χ1n) is 8.51. The number of nitrogens with zero attached hydrogens (tertiary/aromatic N) is 1. The fraction of sp³-hybridized carbons (Fsp3) is 0.250. The lowest BCUT2D eigenvalue weighted by Gasteiger charge is -2.11. The van der Waals surface area contributed by atoms with Gasteiger partial charge in [-0.05, 0) is 35.7 Å². The van der Waals surface area contributed by atoms with Crippen LogP contribution in [0.15, 0.2) is 48.5 Å². The SMILES string of the molecule is CCCCOC(=O)c1cc2c(C(F)(F)F)cc(-c3ccccc3)cc2n1O. The Hall–Kier alpha value is -2.96. The minimum Gasteiger partial charge on any atom is -0.461 e. The highest BCUT2D eigenvalue weighted by Gasteiger charge is 2.35. The van der Waals surface area contributed by atoms with E-state index in [-0.39, 0.29) is 28.8 Å². The maximum Gasteiger partial charge on any atom is 0.417 e. The summed E-state index contributed by atoms with van der Waals surface area (Å²) in [5.41, 5.74) is -0.509. The first kappa shape index (κ1) is 18.8. The van der Waals surface area contributed by atoms with E-state index in [1.165, 1.54) is 6.07 Å². The fourth-order valence-electron chi connectivity index (χ4n) is 2.85. The molecule has 3 aromatic rings. The quantitative estimate of drug-likeness (QED) is 0.362. The molecule has 0 radical (unpaired) electrons. The molecule has 0 amide bonds. The number of aromatic nitrogens is 1. The van der Waals surface area contributed by atoms with Gasteiger partial charge in [-0.15, -0.1) is 0 Å². The number of rotatable bonds is 5. The zero-order chi connectivity index (χ0) is 19.6. The van der Waals surface area contributed by atoms with Crippen molar-refractivity contribution in [2.24, 2.45) is 0 Å². The monoisotopic (exact) mass is 377 g/mol. The molecule has 4 nitrogen and oxygen atoms in total. The van der Waals surface area contributed by atoms with Gasteiger partial charge in [0.2, 0.25) is 0 Å². The van der Waals surface area contributed by atoms with Gasteiger partial charge >= 0.3 is 12.1 Å². The van der Waals surface area contributed by atoms with Crippen LogP contribution in [0.4, 0.5) is 13.2 Å². The highest BCUT2D eigenvalue weighted by Crippen LogP contribution is 2.39. The Morgan fingerprint density at radius 3 is 2.44 bits per heavy atom. The molecule has 27 heavy (non-hydrogen) atoms. The van der Waals surface area contributed by atoms with Crippen LogP contribution < -0.4 is 0 Å². The van der Waals surface area contributed by atoms with Crippen LogP contribution in [0.1, 0.15) is 35.8 Å². The van der Waals surface area contributed by atoms with Crippen LogP contribution in [0.25, 0.3) is 22.0 Å². The van der Waals surface area contributed by atoms with Crippen molar-refractivity contribution in [2.75, 3.05) is 6.61 Å². The van der Waals surface area contributed by atoms with E-state index in [0.717, 1.165) is 18.6 Å². The van der Waals surface area contributed by atoms with Crippen molar-refractivity contribution in [3.05, 3.63) is 59.8 Å².